The van der Waals surface area contributed by atoms with Gasteiger partial charge < -0.3 is 0 Å². The van der Waals surface area contributed by atoms with Crippen molar-refractivity contribution in [2.45, 2.75) is 13.8 Å². The number of rotatable bonds is 3. The molecule has 0 fully saturated rings. The average molecular weight is 417 g/mol. The number of aliphatic imine (C=N–C) groups is 1. The lowest BCUT2D eigenvalue weighted by Crippen LogP contribution is -2.17. The van der Waals surface area contributed by atoms with Gasteiger partial charge in [0.15, 0.2) is 0 Å². The lowest BCUT2D eigenvalue weighted by Gasteiger charge is -2.01. The molecule has 3 aromatic rings. The standard InChI is InChI=1S/C18H16IN3O/c1-12-7-9-14(10-8-12)22-18(23)15(13(2)21-22)11-20-17-6-4-3-5-16(17)19/h3-11,21H,1-2H3. The highest BCUT2D eigenvalue weighted by Gasteiger charge is 2.10. The predicted octanol–water partition coefficient (Wildman–Crippen LogP) is 4.14. The van der Waals surface area contributed by atoms with E-state index in [4.69, 9.17) is 0 Å². The first-order chi connectivity index (χ1) is 11.1. The lowest BCUT2D eigenvalue weighted by molar-refractivity contribution is 0.835. The van der Waals surface area contributed by atoms with Crippen LogP contribution in [-0.4, -0.2) is 16.0 Å². The van der Waals surface area contributed by atoms with E-state index in [-0.39, 0.29) is 5.56 Å². The van der Waals surface area contributed by atoms with Crippen molar-refractivity contribution in [2.75, 3.05) is 0 Å². The fourth-order valence-electron chi connectivity index (χ4n) is 2.28. The second-order valence-electron chi connectivity index (χ2n) is 5.34. The van der Waals surface area contributed by atoms with Crippen LogP contribution in [0.25, 0.3) is 5.69 Å². The third-order valence-corrected chi connectivity index (χ3v) is 4.51. The van der Waals surface area contributed by atoms with Crippen LogP contribution in [0.5, 0.6) is 0 Å². The smallest absolute Gasteiger partial charge is 0.280 e. The van der Waals surface area contributed by atoms with Crippen LogP contribution >= 0.6 is 22.6 Å². The number of nitrogens with zero attached hydrogens (tertiary/aromatic N) is 2. The monoisotopic (exact) mass is 417 g/mol. The first-order valence-electron chi connectivity index (χ1n) is 7.23. The Morgan fingerprint density at radius 2 is 1.78 bits per heavy atom. The van der Waals surface area contributed by atoms with Crippen LogP contribution in [0, 0.1) is 17.4 Å². The number of hydrogen-bond acceptors (Lipinski definition) is 2. The molecule has 1 N–H and O–H groups in total. The zero-order valence-electron chi connectivity index (χ0n) is 12.9. The molecule has 0 spiro atoms. The molecule has 0 aliphatic carbocycles. The maximum Gasteiger partial charge on any atom is 0.280 e. The Labute approximate surface area is 148 Å². The highest BCUT2D eigenvalue weighted by Crippen LogP contribution is 2.20. The number of aromatic amines is 1. The summed E-state index contributed by atoms with van der Waals surface area (Å²) in [6.45, 7) is 3.90. The number of aryl methyl sites for hydroxylation is 2. The van der Waals surface area contributed by atoms with Gasteiger partial charge in [-0.2, -0.15) is 0 Å². The van der Waals surface area contributed by atoms with Gasteiger partial charge in [-0.05, 0) is 60.7 Å². The Bertz CT molecular complexity index is 920. The fourth-order valence-corrected chi connectivity index (χ4v) is 2.80. The second-order valence-corrected chi connectivity index (χ2v) is 6.50. The number of halogens is 1. The maximum atomic E-state index is 12.6. The molecular formula is C18H16IN3O. The summed E-state index contributed by atoms with van der Waals surface area (Å²) in [5.41, 5.74) is 4.11. The molecule has 3 rings (SSSR count). The van der Waals surface area contributed by atoms with Crippen LogP contribution in [0.3, 0.4) is 0 Å². The molecule has 4 nitrogen and oxygen atoms in total. The Balaban J connectivity index is 2.00. The molecular weight excluding hydrogens is 401 g/mol. The summed E-state index contributed by atoms with van der Waals surface area (Å²) >= 11 is 2.23. The first-order valence-corrected chi connectivity index (χ1v) is 8.31. The minimum atomic E-state index is -0.0963. The van der Waals surface area contributed by atoms with Gasteiger partial charge in [0, 0.05) is 15.5 Å². The third kappa shape index (κ3) is 3.29. The van der Waals surface area contributed by atoms with Crippen molar-refractivity contribution in [1.82, 2.24) is 9.78 Å². The van der Waals surface area contributed by atoms with Gasteiger partial charge in [0.25, 0.3) is 5.56 Å². The summed E-state index contributed by atoms with van der Waals surface area (Å²) in [6.07, 6.45) is 1.64. The molecule has 0 aliphatic rings. The van der Waals surface area contributed by atoms with E-state index >= 15 is 0 Å². The van der Waals surface area contributed by atoms with Gasteiger partial charge in [0.1, 0.15) is 0 Å². The van der Waals surface area contributed by atoms with Crippen LogP contribution in [0.4, 0.5) is 5.69 Å². The predicted molar refractivity (Wildman–Crippen MR) is 102 cm³/mol. The molecule has 0 atom stereocenters. The Kier molecular flexibility index (Phi) is 4.47. The summed E-state index contributed by atoms with van der Waals surface area (Å²) in [5, 5.41) is 3.11. The van der Waals surface area contributed by atoms with E-state index in [1.165, 1.54) is 0 Å². The molecule has 2 aromatic carbocycles. The SMILES string of the molecule is Cc1ccc(-n2[nH]c(C)c(C=Nc3ccccc3I)c2=O)cc1. The zero-order chi connectivity index (χ0) is 16.4. The van der Waals surface area contributed by atoms with Gasteiger partial charge in [0.2, 0.25) is 0 Å². The van der Waals surface area contributed by atoms with E-state index in [0.717, 1.165) is 26.2 Å². The summed E-state index contributed by atoms with van der Waals surface area (Å²) < 4.78 is 2.60. The van der Waals surface area contributed by atoms with Crippen molar-refractivity contribution in [3.63, 3.8) is 0 Å². The topological polar surface area (TPSA) is 50.1 Å². The summed E-state index contributed by atoms with van der Waals surface area (Å²) in [4.78, 5) is 17.1. The maximum absolute atomic E-state index is 12.6. The van der Waals surface area contributed by atoms with E-state index in [0.29, 0.717) is 5.56 Å². The van der Waals surface area contributed by atoms with Crippen LogP contribution in [-0.2, 0) is 0 Å². The number of benzene rings is 2. The normalized spacial score (nSPS) is 11.3. The first kappa shape index (κ1) is 15.7. The molecule has 0 saturated carbocycles. The quantitative estimate of drug-likeness (QED) is 0.506. The lowest BCUT2D eigenvalue weighted by atomic mass is 10.2. The minimum Gasteiger partial charge on any atom is -0.295 e. The number of aromatic nitrogens is 2. The van der Waals surface area contributed by atoms with E-state index in [2.05, 4.69) is 32.7 Å². The molecule has 0 aliphatic heterocycles. The summed E-state index contributed by atoms with van der Waals surface area (Å²) in [6, 6.07) is 15.6. The molecule has 1 aromatic heterocycles. The second kappa shape index (κ2) is 6.54. The van der Waals surface area contributed by atoms with Gasteiger partial charge >= 0.3 is 0 Å². The number of hydrogen-bond donors (Lipinski definition) is 1. The molecule has 0 radical (unpaired) electrons. The van der Waals surface area contributed by atoms with E-state index < -0.39 is 0 Å². The largest absolute Gasteiger partial charge is 0.295 e. The zero-order valence-corrected chi connectivity index (χ0v) is 15.0. The molecule has 0 bridgehead atoms. The Morgan fingerprint density at radius 3 is 2.48 bits per heavy atom. The molecule has 0 saturated heterocycles. The molecule has 5 heteroatoms. The minimum absolute atomic E-state index is 0.0963. The van der Waals surface area contributed by atoms with Crippen molar-refractivity contribution >= 4 is 34.5 Å². The Morgan fingerprint density at radius 1 is 1.09 bits per heavy atom. The van der Waals surface area contributed by atoms with Gasteiger partial charge in [0.05, 0.1) is 16.9 Å². The molecule has 0 unspecified atom stereocenters. The van der Waals surface area contributed by atoms with Crippen molar-refractivity contribution in [3.05, 3.63) is 79.3 Å². The molecule has 116 valence electrons. The third-order valence-electron chi connectivity index (χ3n) is 3.59. The van der Waals surface area contributed by atoms with Crippen molar-refractivity contribution in [3.8, 4) is 5.69 Å². The van der Waals surface area contributed by atoms with Crippen LogP contribution in [0.2, 0.25) is 0 Å². The van der Waals surface area contributed by atoms with Crippen LogP contribution in [0.15, 0.2) is 58.3 Å². The highest BCUT2D eigenvalue weighted by molar-refractivity contribution is 14.1. The number of para-hydroxylation sites is 1. The van der Waals surface area contributed by atoms with Crippen molar-refractivity contribution in [2.24, 2.45) is 4.99 Å². The average Bonchev–Trinajstić information content (AvgIpc) is 2.82. The van der Waals surface area contributed by atoms with E-state index in [1.807, 2.05) is 62.4 Å². The van der Waals surface area contributed by atoms with Crippen LogP contribution < -0.4 is 5.56 Å². The molecule has 23 heavy (non-hydrogen) atoms. The Hall–Kier alpha value is -2.15. The van der Waals surface area contributed by atoms with Gasteiger partial charge in [-0.1, -0.05) is 29.8 Å². The van der Waals surface area contributed by atoms with Gasteiger partial charge in [-0.25, -0.2) is 4.68 Å². The highest BCUT2D eigenvalue weighted by atomic mass is 127. The van der Waals surface area contributed by atoms with E-state index in [1.54, 1.807) is 10.9 Å². The van der Waals surface area contributed by atoms with Crippen LogP contribution in [0.1, 0.15) is 16.8 Å². The number of H-pyrrole nitrogens is 1. The van der Waals surface area contributed by atoms with Gasteiger partial charge in [-0.3, -0.25) is 14.9 Å². The van der Waals surface area contributed by atoms with Crippen molar-refractivity contribution in [1.29, 1.82) is 0 Å². The van der Waals surface area contributed by atoms with Crippen molar-refractivity contribution < 1.29 is 0 Å². The summed E-state index contributed by atoms with van der Waals surface area (Å²) in [5.74, 6) is 0. The number of nitrogens with one attached hydrogen (secondary N) is 1. The van der Waals surface area contributed by atoms with Gasteiger partial charge in [-0.15, -0.1) is 0 Å². The fraction of sp³-hybridized carbons (Fsp3) is 0.111. The molecule has 1 heterocycles. The van der Waals surface area contributed by atoms with E-state index in [9.17, 15) is 4.79 Å². The summed E-state index contributed by atoms with van der Waals surface area (Å²) in [7, 11) is 0. The molecule has 0 amide bonds.